The van der Waals surface area contributed by atoms with Gasteiger partial charge in [0.05, 0.1) is 12.6 Å². The van der Waals surface area contributed by atoms with Crippen LogP contribution in [-0.2, 0) is 16.0 Å². The molecular formula is C17H22N2O3. The summed E-state index contributed by atoms with van der Waals surface area (Å²) >= 11 is 0. The predicted molar refractivity (Wildman–Crippen MR) is 82.4 cm³/mol. The summed E-state index contributed by atoms with van der Waals surface area (Å²) in [5.41, 5.74) is 2.57. The van der Waals surface area contributed by atoms with Gasteiger partial charge in [-0.2, -0.15) is 0 Å². The zero-order chi connectivity index (χ0) is 15.5. The number of cyclic esters (lactones) is 1. The lowest BCUT2D eigenvalue weighted by atomic mass is 9.91. The summed E-state index contributed by atoms with van der Waals surface area (Å²) in [5, 5.41) is 0. The van der Waals surface area contributed by atoms with Gasteiger partial charge in [0.1, 0.15) is 6.54 Å². The van der Waals surface area contributed by atoms with Gasteiger partial charge in [-0.25, -0.2) is 4.79 Å². The van der Waals surface area contributed by atoms with E-state index in [4.69, 9.17) is 4.74 Å². The number of carbonyl (C=O) groups is 2. The second-order valence-electron chi connectivity index (χ2n) is 5.85. The Morgan fingerprint density at radius 2 is 2.14 bits per heavy atom. The van der Waals surface area contributed by atoms with Crippen LogP contribution < -0.4 is 0 Å². The van der Waals surface area contributed by atoms with Gasteiger partial charge in [-0.1, -0.05) is 31.2 Å². The van der Waals surface area contributed by atoms with Gasteiger partial charge in [-0.3, -0.25) is 9.69 Å². The molecule has 2 aliphatic rings. The van der Waals surface area contributed by atoms with E-state index in [0.29, 0.717) is 13.2 Å². The molecule has 0 spiro atoms. The van der Waals surface area contributed by atoms with Crippen molar-refractivity contribution in [2.24, 2.45) is 0 Å². The maximum Gasteiger partial charge on any atom is 0.410 e. The van der Waals surface area contributed by atoms with Gasteiger partial charge in [0.2, 0.25) is 5.91 Å². The zero-order valence-electron chi connectivity index (χ0n) is 13.0. The Hall–Kier alpha value is -2.04. The molecule has 2 aliphatic heterocycles. The van der Waals surface area contributed by atoms with E-state index < -0.39 is 0 Å². The zero-order valence-corrected chi connectivity index (χ0v) is 13.0. The minimum atomic E-state index is -0.370. The number of amides is 2. The van der Waals surface area contributed by atoms with Gasteiger partial charge >= 0.3 is 6.09 Å². The first-order chi connectivity index (χ1) is 10.7. The highest BCUT2D eigenvalue weighted by Crippen LogP contribution is 2.32. The molecule has 1 atom stereocenters. The Morgan fingerprint density at radius 1 is 1.32 bits per heavy atom. The lowest BCUT2D eigenvalue weighted by molar-refractivity contribution is -0.135. The summed E-state index contributed by atoms with van der Waals surface area (Å²) in [6.45, 7) is 4.00. The van der Waals surface area contributed by atoms with Gasteiger partial charge in [0.15, 0.2) is 0 Å². The number of hydrogen-bond donors (Lipinski definition) is 0. The van der Waals surface area contributed by atoms with Crippen molar-refractivity contribution in [1.82, 2.24) is 9.80 Å². The van der Waals surface area contributed by atoms with Crippen LogP contribution in [0.2, 0.25) is 0 Å². The molecule has 0 radical (unpaired) electrons. The number of fused-ring (bicyclic) bond motifs is 1. The Bertz CT molecular complexity index is 573. The molecule has 3 rings (SSSR count). The highest BCUT2D eigenvalue weighted by molar-refractivity contribution is 5.83. The largest absolute Gasteiger partial charge is 0.449 e. The molecule has 0 aliphatic carbocycles. The van der Waals surface area contributed by atoms with Gasteiger partial charge < -0.3 is 9.64 Å². The average molecular weight is 302 g/mol. The third kappa shape index (κ3) is 2.80. The Morgan fingerprint density at radius 3 is 2.91 bits per heavy atom. The van der Waals surface area contributed by atoms with E-state index in [-0.39, 0.29) is 24.6 Å². The van der Waals surface area contributed by atoms with E-state index in [2.05, 4.69) is 19.1 Å². The normalized spacial score (nSPS) is 21.3. The second kappa shape index (κ2) is 6.38. The number of ether oxygens (including phenoxy) is 1. The summed E-state index contributed by atoms with van der Waals surface area (Å²) < 4.78 is 5.00. The van der Waals surface area contributed by atoms with Crippen molar-refractivity contribution in [3.05, 3.63) is 35.4 Å². The molecule has 5 nitrogen and oxygen atoms in total. The summed E-state index contributed by atoms with van der Waals surface area (Å²) in [4.78, 5) is 27.8. The summed E-state index contributed by atoms with van der Waals surface area (Å²) in [7, 11) is 0. The third-order valence-corrected chi connectivity index (χ3v) is 4.50. The van der Waals surface area contributed by atoms with Crippen molar-refractivity contribution in [2.75, 3.05) is 26.2 Å². The lowest BCUT2D eigenvalue weighted by Gasteiger charge is -2.38. The molecule has 1 fully saturated rings. The molecule has 2 amide bonds. The standard InChI is InChI=1S/C17H22N2O3/c1-2-15-14-7-4-3-6-13(14)8-10-19(15)16(20)12-18-9-5-11-22-17(18)21/h3-4,6-7,15H,2,5,8-12H2,1H3. The van der Waals surface area contributed by atoms with Crippen LogP contribution in [-0.4, -0.2) is 48.0 Å². The molecule has 118 valence electrons. The Kier molecular flexibility index (Phi) is 4.32. The molecule has 1 unspecified atom stereocenters. The van der Waals surface area contributed by atoms with Gasteiger partial charge in [-0.15, -0.1) is 0 Å². The highest BCUT2D eigenvalue weighted by Gasteiger charge is 2.31. The fourth-order valence-electron chi connectivity index (χ4n) is 3.39. The second-order valence-corrected chi connectivity index (χ2v) is 5.85. The van der Waals surface area contributed by atoms with E-state index in [9.17, 15) is 9.59 Å². The Balaban J connectivity index is 1.74. The number of carbonyl (C=O) groups excluding carboxylic acids is 2. The van der Waals surface area contributed by atoms with E-state index in [1.165, 1.54) is 16.0 Å². The quantitative estimate of drug-likeness (QED) is 0.861. The number of hydrogen-bond acceptors (Lipinski definition) is 3. The van der Waals surface area contributed by atoms with Crippen LogP contribution in [0.4, 0.5) is 4.79 Å². The monoisotopic (exact) mass is 302 g/mol. The molecule has 2 heterocycles. The van der Waals surface area contributed by atoms with Crippen molar-refractivity contribution in [3.63, 3.8) is 0 Å². The Labute approximate surface area is 130 Å². The van der Waals surface area contributed by atoms with Crippen molar-refractivity contribution < 1.29 is 14.3 Å². The molecule has 1 saturated heterocycles. The molecular weight excluding hydrogens is 280 g/mol. The van der Waals surface area contributed by atoms with Crippen LogP contribution in [0.5, 0.6) is 0 Å². The topological polar surface area (TPSA) is 49.9 Å². The first-order valence-corrected chi connectivity index (χ1v) is 7.99. The minimum absolute atomic E-state index is 0.0141. The molecule has 0 aromatic heterocycles. The van der Waals surface area contributed by atoms with E-state index in [1.54, 1.807) is 0 Å². The van der Waals surface area contributed by atoms with E-state index >= 15 is 0 Å². The van der Waals surface area contributed by atoms with E-state index in [0.717, 1.165) is 25.8 Å². The van der Waals surface area contributed by atoms with Crippen LogP contribution in [0, 0.1) is 0 Å². The molecule has 0 saturated carbocycles. The van der Waals surface area contributed by atoms with Crippen molar-refractivity contribution >= 4 is 12.0 Å². The highest BCUT2D eigenvalue weighted by atomic mass is 16.6. The summed E-state index contributed by atoms with van der Waals surface area (Å²) in [5.74, 6) is 0.0141. The van der Waals surface area contributed by atoms with Crippen LogP contribution in [0.25, 0.3) is 0 Å². The van der Waals surface area contributed by atoms with Crippen molar-refractivity contribution in [3.8, 4) is 0 Å². The van der Waals surface area contributed by atoms with Crippen LogP contribution in [0.15, 0.2) is 24.3 Å². The fraction of sp³-hybridized carbons (Fsp3) is 0.529. The lowest BCUT2D eigenvalue weighted by Crippen LogP contribution is -2.48. The van der Waals surface area contributed by atoms with Crippen molar-refractivity contribution in [1.29, 1.82) is 0 Å². The molecule has 0 N–H and O–H groups in total. The van der Waals surface area contributed by atoms with E-state index in [1.807, 2.05) is 17.0 Å². The number of nitrogens with zero attached hydrogens (tertiary/aromatic N) is 2. The smallest absolute Gasteiger partial charge is 0.410 e. The fourth-order valence-corrected chi connectivity index (χ4v) is 3.39. The number of benzene rings is 1. The first-order valence-electron chi connectivity index (χ1n) is 7.99. The maximum atomic E-state index is 12.7. The summed E-state index contributed by atoms with van der Waals surface area (Å²) in [6, 6.07) is 8.43. The molecule has 0 bridgehead atoms. The SMILES string of the molecule is CCC1c2ccccc2CCN1C(=O)CN1CCCOC1=O. The molecule has 1 aromatic carbocycles. The molecule has 1 aromatic rings. The van der Waals surface area contributed by atoms with Crippen LogP contribution in [0.1, 0.15) is 36.9 Å². The van der Waals surface area contributed by atoms with Gasteiger partial charge in [0, 0.05) is 13.1 Å². The molecule has 5 heteroatoms. The maximum absolute atomic E-state index is 12.7. The van der Waals surface area contributed by atoms with Gasteiger partial charge in [-0.05, 0) is 30.4 Å². The first kappa shape index (κ1) is 14.9. The molecule has 22 heavy (non-hydrogen) atoms. The average Bonchev–Trinajstić information content (AvgIpc) is 2.55. The predicted octanol–water partition coefficient (Wildman–Crippen LogP) is 2.36. The van der Waals surface area contributed by atoms with Crippen LogP contribution in [0.3, 0.4) is 0 Å². The van der Waals surface area contributed by atoms with Crippen molar-refractivity contribution in [2.45, 2.75) is 32.2 Å². The number of rotatable bonds is 3. The van der Waals surface area contributed by atoms with Gasteiger partial charge in [0.25, 0.3) is 0 Å². The third-order valence-electron chi connectivity index (χ3n) is 4.50. The van der Waals surface area contributed by atoms with Crippen LogP contribution >= 0.6 is 0 Å². The summed E-state index contributed by atoms with van der Waals surface area (Å²) in [6.07, 6.45) is 2.18. The minimum Gasteiger partial charge on any atom is -0.449 e.